The minimum Gasteiger partial charge on any atom is -0.381 e. The Morgan fingerprint density at radius 3 is 3.00 bits per heavy atom. The van der Waals surface area contributed by atoms with Gasteiger partial charge >= 0.3 is 0 Å². The molecule has 0 aliphatic carbocycles. The maximum Gasteiger partial charge on any atom is 0.126 e. The summed E-state index contributed by atoms with van der Waals surface area (Å²) in [6.07, 6.45) is 2.01. The molecule has 1 aromatic rings. The number of nitrogens with one attached hydrogen (secondary N) is 1. The Hall–Kier alpha value is -0.930. The van der Waals surface area contributed by atoms with Crippen molar-refractivity contribution in [3.63, 3.8) is 0 Å². The first-order valence-electron chi connectivity index (χ1n) is 5.78. The maximum atomic E-state index is 13.5. The molecule has 0 radical (unpaired) electrons. The van der Waals surface area contributed by atoms with Crippen molar-refractivity contribution in [1.82, 2.24) is 5.32 Å². The first-order valence-corrected chi connectivity index (χ1v) is 5.78. The molecule has 0 spiro atoms. The topological polar surface area (TPSA) is 21.3 Å². The molecule has 0 amide bonds. The fourth-order valence-electron chi connectivity index (χ4n) is 2.36. The molecular formula is C13H18FNO. The van der Waals surface area contributed by atoms with Crippen LogP contribution in [0.3, 0.4) is 0 Å². The average Bonchev–Trinajstić information content (AvgIpc) is 2.33. The van der Waals surface area contributed by atoms with E-state index in [2.05, 4.69) is 5.32 Å². The fourth-order valence-corrected chi connectivity index (χ4v) is 2.36. The molecule has 3 heteroatoms. The number of piperidine rings is 1. The Balaban J connectivity index is 2.05. The van der Waals surface area contributed by atoms with E-state index in [1.807, 2.05) is 12.1 Å². The van der Waals surface area contributed by atoms with Gasteiger partial charge in [0.15, 0.2) is 0 Å². The predicted molar refractivity (Wildman–Crippen MR) is 61.9 cm³/mol. The van der Waals surface area contributed by atoms with Crippen LogP contribution in [0.2, 0.25) is 0 Å². The highest BCUT2D eigenvalue weighted by atomic mass is 19.1. The van der Waals surface area contributed by atoms with Crippen molar-refractivity contribution in [2.45, 2.75) is 18.9 Å². The van der Waals surface area contributed by atoms with Crippen LogP contribution < -0.4 is 5.32 Å². The van der Waals surface area contributed by atoms with E-state index < -0.39 is 0 Å². The van der Waals surface area contributed by atoms with E-state index in [4.69, 9.17) is 4.74 Å². The van der Waals surface area contributed by atoms with Gasteiger partial charge in [0.1, 0.15) is 5.82 Å². The van der Waals surface area contributed by atoms with Gasteiger partial charge in [-0.15, -0.1) is 0 Å². The van der Waals surface area contributed by atoms with Crippen LogP contribution in [0.25, 0.3) is 0 Å². The van der Waals surface area contributed by atoms with Crippen molar-refractivity contribution < 1.29 is 9.13 Å². The van der Waals surface area contributed by atoms with E-state index in [0.717, 1.165) is 31.5 Å². The van der Waals surface area contributed by atoms with Crippen LogP contribution in [-0.4, -0.2) is 26.3 Å². The van der Waals surface area contributed by atoms with Crippen molar-refractivity contribution >= 4 is 0 Å². The Morgan fingerprint density at radius 2 is 2.25 bits per heavy atom. The lowest BCUT2D eigenvalue weighted by molar-refractivity contribution is 0.0308. The van der Waals surface area contributed by atoms with Gasteiger partial charge in [-0.3, -0.25) is 0 Å². The molecule has 1 aromatic carbocycles. The third-order valence-electron chi connectivity index (χ3n) is 3.28. The minimum absolute atomic E-state index is 0.108. The van der Waals surface area contributed by atoms with Crippen LogP contribution >= 0.6 is 0 Å². The number of ether oxygens (including phenoxy) is 1. The van der Waals surface area contributed by atoms with Crippen molar-refractivity contribution in [3.05, 3.63) is 35.6 Å². The number of hydrogen-bond acceptors (Lipinski definition) is 2. The summed E-state index contributed by atoms with van der Waals surface area (Å²) in [7, 11) is 1.74. The van der Waals surface area contributed by atoms with Gasteiger partial charge in [-0.2, -0.15) is 0 Å². The van der Waals surface area contributed by atoms with Crippen LogP contribution in [0.15, 0.2) is 24.3 Å². The quantitative estimate of drug-likeness (QED) is 0.846. The van der Waals surface area contributed by atoms with E-state index in [0.29, 0.717) is 5.92 Å². The van der Waals surface area contributed by atoms with Crippen LogP contribution in [-0.2, 0) is 11.2 Å². The second kappa shape index (κ2) is 5.41. The molecule has 1 aliphatic rings. The molecule has 1 N–H and O–H groups in total. The summed E-state index contributed by atoms with van der Waals surface area (Å²) in [5.41, 5.74) is 0.790. The highest BCUT2D eigenvalue weighted by Crippen LogP contribution is 2.20. The van der Waals surface area contributed by atoms with Crippen molar-refractivity contribution in [2.75, 3.05) is 20.2 Å². The highest BCUT2D eigenvalue weighted by molar-refractivity contribution is 5.18. The molecule has 2 nitrogen and oxygen atoms in total. The molecule has 2 atom stereocenters. The third kappa shape index (κ3) is 2.60. The summed E-state index contributed by atoms with van der Waals surface area (Å²) < 4.78 is 19.0. The molecule has 0 unspecified atom stereocenters. The molecule has 1 fully saturated rings. The van der Waals surface area contributed by atoms with E-state index in [1.54, 1.807) is 13.2 Å². The lowest BCUT2D eigenvalue weighted by Gasteiger charge is -2.31. The van der Waals surface area contributed by atoms with Gasteiger partial charge in [0.05, 0.1) is 6.10 Å². The summed E-state index contributed by atoms with van der Waals surface area (Å²) in [6.45, 7) is 1.90. The largest absolute Gasteiger partial charge is 0.381 e. The molecule has 1 aliphatic heterocycles. The molecule has 2 rings (SSSR count). The summed E-state index contributed by atoms with van der Waals surface area (Å²) in [5, 5.41) is 3.34. The van der Waals surface area contributed by atoms with E-state index in [1.165, 1.54) is 6.07 Å². The van der Waals surface area contributed by atoms with Gasteiger partial charge in [-0.25, -0.2) is 4.39 Å². The minimum atomic E-state index is -0.108. The molecule has 88 valence electrons. The van der Waals surface area contributed by atoms with Gasteiger partial charge in [-0.05, 0) is 31.0 Å². The summed E-state index contributed by atoms with van der Waals surface area (Å²) in [4.78, 5) is 0. The molecular weight excluding hydrogens is 205 g/mol. The highest BCUT2D eigenvalue weighted by Gasteiger charge is 2.25. The number of benzene rings is 1. The van der Waals surface area contributed by atoms with Crippen LogP contribution in [0.4, 0.5) is 4.39 Å². The number of hydrogen-bond donors (Lipinski definition) is 1. The Morgan fingerprint density at radius 1 is 1.44 bits per heavy atom. The normalized spacial score (nSPS) is 25.6. The second-order valence-corrected chi connectivity index (χ2v) is 4.32. The zero-order valence-electron chi connectivity index (χ0n) is 9.58. The summed E-state index contributed by atoms with van der Waals surface area (Å²) in [6, 6.07) is 6.99. The lowest BCUT2D eigenvalue weighted by atomic mass is 9.89. The van der Waals surface area contributed by atoms with Crippen LogP contribution in [0.1, 0.15) is 12.0 Å². The number of rotatable bonds is 3. The van der Waals surface area contributed by atoms with Gasteiger partial charge in [-0.1, -0.05) is 18.2 Å². The molecule has 1 heterocycles. The SMILES string of the molecule is CO[C@@H]1CCNC[C@H]1Cc1ccccc1F. The molecule has 0 saturated carbocycles. The summed E-state index contributed by atoms with van der Waals surface area (Å²) >= 11 is 0. The first-order chi connectivity index (χ1) is 7.81. The molecule has 1 saturated heterocycles. The predicted octanol–water partition coefficient (Wildman–Crippen LogP) is 1.99. The lowest BCUT2D eigenvalue weighted by Crippen LogP contribution is -2.42. The van der Waals surface area contributed by atoms with Gasteiger partial charge in [0.25, 0.3) is 0 Å². The van der Waals surface area contributed by atoms with Crippen LogP contribution in [0.5, 0.6) is 0 Å². The Kier molecular flexibility index (Phi) is 3.91. The molecule has 0 aromatic heterocycles. The fraction of sp³-hybridized carbons (Fsp3) is 0.538. The van der Waals surface area contributed by atoms with Crippen LogP contribution in [0, 0.1) is 11.7 Å². The van der Waals surface area contributed by atoms with Gasteiger partial charge < -0.3 is 10.1 Å². The average molecular weight is 223 g/mol. The summed E-state index contributed by atoms with van der Waals surface area (Å²) in [5.74, 6) is 0.263. The van der Waals surface area contributed by atoms with E-state index in [-0.39, 0.29) is 11.9 Å². The first kappa shape index (κ1) is 11.6. The Labute approximate surface area is 95.8 Å². The third-order valence-corrected chi connectivity index (χ3v) is 3.28. The molecule has 0 bridgehead atoms. The smallest absolute Gasteiger partial charge is 0.126 e. The number of methoxy groups -OCH3 is 1. The monoisotopic (exact) mass is 223 g/mol. The zero-order chi connectivity index (χ0) is 11.4. The molecule has 16 heavy (non-hydrogen) atoms. The Bertz CT molecular complexity index is 342. The van der Waals surface area contributed by atoms with Crippen molar-refractivity contribution in [1.29, 1.82) is 0 Å². The van der Waals surface area contributed by atoms with E-state index >= 15 is 0 Å². The van der Waals surface area contributed by atoms with Crippen molar-refractivity contribution in [3.8, 4) is 0 Å². The maximum absolute atomic E-state index is 13.5. The van der Waals surface area contributed by atoms with Gasteiger partial charge in [0.2, 0.25) is 0 Å². The zero-order valence-corrected chi connectivity index (χ0v) is 9.58. The van der Waals surface area contributed by atoms with Crippen molar-refractivity contribution in [2.24, 2.45) is 5.92 Å². The van der Waals surface area contributed by atoms with Gasteiger partial charge in [0, 0.05) is 19.6 Å². The number of halogens is 1. The van der Waals surface area contributed by atoms with E-state index in [9.17, 15) is 4.39 Å². The second-order valence-electron chi connectivity index (χ2n) is 4.32. The standard InChI is InChI=1S/C13H18FNO/c1-16-13-6-7-15-9-11(13)8-10-4-2-3-5-12(10)14/h2-5,11,13,15H,6-9H2,1H3/t11-,13-/m1/s1.